The Kier molecular flexibility index (Phi) is 2.73. The number of anilines is 1. The number of carbonyl (C=O) groups is 1. The predicted molar refractivity (Wildman–Crippen MR) is 61.0 cm³/mol. The molecule has 2 N–H and O–H groups in total. The van der Waals surface area contributed by atoms with E-state index in [4.69, 9.17) is 9.84 Å². The lowest BCUT2D eigenvalue weighted by Crippen LogP contribution is -2.44. The van der Waals surface area contributed by atoms with Gasteiger partial charge in [-0.25, -0.2) is 4.79 Å². The van der Waals surface area contributed by atoms with Crippen molar-refractivity contribution in [3.8, 4) is 5.75 Å². The van der Waals surface area contributed by atoms with Crippen LogP contribution in [0.4, 0.5) is 5.69 Å². The van der Waals surface area contributed by atoms with Crippen molar-refractivity contribution in [1.82, 2.24) is 0 Å². The van der Waals surface area contributed by atoms with Crippen LogP contribution in [0.1, 0.15) is 19.4 Å². The van der Waals surface area contributed by atoms with Gasteiger partial charge in [0, 0.05) is 0 Å². The second kappa shape index (κ2) is 4.04. The first-order valence-electron chi connectivity index (χ1n) is 5.40. The summed E-state index contributed by atoms with van der Waals surface area (Å²) >= 11 is 0. The van der Waals surface area contributed by atoms with E-state index in [1.807, 2.05) is 18.2 Å². The summed E-state index contributed by atoms with van der Waals surface area (Å²) in [5.74, 6) is -0.326. The molecule has 0 bridgehead atoms. The third kappa shape index (κ3) is 1.83. The second-order valence-electron chi connectivity index (χ2n) is 3.99. The first-order chi connectivity index (χ1) is 7.61. The normalized spacial score (nSPS) is 22.9. The highest BCUT2D eigenvalue weighted by Gasteiger charge is 2.31. The number of aryl methyl sites for hydroxylation is 1. The van der Waals surface area contributed by atoms with Gasteiger partial charge in [0.15, 0.2) is 0 Å². The number of hydrogen-bond donors (Lipinski definition) is 2. The van der Waals surface area contributed by atoms with Crippen LogP contribution in [-0.2, 0) is 11.2 Å². The molecule has 0 radical (unpaired) electrons. The third-order valence-electron chi connectivity index (χ3n) is 2.79. The molecule has 1 aromatic rings. The number of benzene rings is 1. The summed E-state index contributed by atoms with van der Waals surface area (Å²) in [6, 6.07) is 5.56. The lowest BCUT2D eigenvalue weighted by atomic mass is 10.1. The summed E-state index contributed by atoms with van der Waals surface area (Å²) in [4.78, 5) is 10.9. The largest absolute Gasteiger partial charge is 0.478 e. The zero-order valence-corrected chi connectivity index (χ0v) is 9.36. The molecule has 2 rings (SSSR count). The van der Waals surface area contributed by atoms with E-state index in [-0.39, 0.29) is 6.04 Å². The Labute approximate surface area is 94.2 Å². The fraction of sp³-hybridized carbons (Fsp3) is 0.417. The van der Waals surface area contributed by atoms with Gasteiger partial charge in [-0.15, -0.1) is 0 Å². The molecule has 16 heavy (non-hydrogen) atoms. The first kappa shape index (κ1) is 10.8. The van der Waals surface area contributed by atoms with E-state index in [9.17, 15) is 4.79 Å². The first-order valence-corrected chi connectivity index (χ1v) is 5.40. The summed E-state index contributed by atoms with van der Waals surface area (Å²) in [5.41, 5.74) is 2.08. The fourth-order valence-electron chi connectivity index (χ4n) is 1.84. The van der Waals surface area contributed by atoms with E-state index in [1.165, 1.54) is 5.56 Å². The highest BCUT2D eigenvalue weighted by Crippen LogP contribution is 2.32. The SMILES string of the molecule is CCc1ccc2c(c1)NC(C)C(C(=O)O)O2. The molecule has 1 aliphatic rings. The summed E-state index contributed by atoms with van der Waals surface area (Å²) in [6.07, 6.45) is 0.131. The molecule has 0 aromatic heterocycles. The van der Waals surface area contributed by atoms with Gasteiger partial charge in [-0.05, 0) is 31.0 Å². The standard InChI is InChI=1S/C12H15NO3/c1-3-8-4-5-10-9(6-8)13-7(2)11(16-10)12(14)15/h4-7,11,13H,3H2,1-2H3,(H,14,15). The molecule has 0 amide bonds. The zero-order valence-electron chi connectivity index (χ0n) is 9.36. The average Bonchev–Trinajstić information content (AvgIpc) is 2.27. The van der Waals surface area contributed by atoms with Crippen LogP contribution in [0.5, 0.6) is 5.75 Å². The minimum Gasteiger partial charge on any atom is -0.478 e. The predicted octanol–water partition coefficient (Wildman–Crippen LogP) is 1.90. The third-order valence-corrected chi connectivity index (χ3v) is 2.79. The van der Waals surface area contributed by atoms with Crippen molar-refractivity contribution in [3.05, 3.63) is 23.8 Å². The van der Waals surface area contributed by atoms with E-state index in [1.54, 1.807) is 6.92 Å². The van der Waals surface area contributed by atoms with Gasteiger partial charge in [-0.2, -0.15) is 0 Å². The van der Waals surface area contributed by atoms with Crippen molar-refractivity contribution in [3.63, 3.8) is 0 Å². The number of nitrogens with one attached hydrogen (secondary N) is 1. The Balaban J connectivity index is 2.31. The van der Waals surface area contributed by atoms with Crippen LogP contribution in [0.25, 0.3) is 0 Å². The molecule has 0 spiro atoms. The molecule has 0 saturated carbocycles. The molecule has 0 fully saturated rings. The molecule has 1 aromatic carbocycles. The Morgan fingerprint density at radius 3 is 2.94 bits per heavy atom. The van der Waals surface area contributed by atoms with Gasteiger partial charge >= 0.3 is 5.97 Å². The maximum Gasteiger partial charge on any atom is 0.347 e. The number of rotatable bonds is 2. The summed E-state index contributed by atoms with van der Waals surface area (Å²) in [7, 11) is 0. The Bertz CT molecular complexity index is 417. The quantitative estimate of drug-likeness (QED) is 0.800. The lowest BCUT2D eigenvalue weighted by molar-refractivity contribution is -0.145. The average molecular weight is 221 g/mol. The molecule has 0 saturated heterocycles. The molecular formula is C12H15NO3. The smallest absolute Gasteiger partial charge is 0.347 e. The Hall–Kier alpha value is -1.71. The molecular weight excluding hydrogens is 206 g/mol. The maximum absolute atomic E-state index is 10.9. The van der Waals surface area contributed by atoms with E-state index >= 15 is 0 Å². The van der Waals surface area contributed by atoms with Gasteiger partial charge in [0.2, 0.25) is 6.10 Å². The van der Waals surface area contributed by atoms with Crippen molar-refractivity contribution in [2.75, 3.05) is 5.32 Å². The lowest BCUT2D eigenvalue weighted by Gasteiger charge is -2.30. The van der Waals surface area contributed by atoms with Crippen LogP contribution in [0, 0.1) is 0 Å². The van der Waals surface area contributed by atoms with Crippen LogP contribution < -0.4 is 10.1 Å². The van der Waals surface area contributed by atoms with Crippen molar-refractivity contribution < 1.29 is 14.6 Å². The van der Waals surface area contributed by atoms with Gasteiger partial charge in [-0.3, -0.25) is 0 Å². The van der Waals surface area contributed by atoms with Crippen molar-refractivity contribution in [1.29, 1.82) is 0 Å². The van der Waals surface area contributed by atoms with Crippen LogP contribution in [-0.4, -0.2) is 23.2 Å². The monoisotopic (exact) mass is 221 g/mol. The number of carboxylic acids is 1. The van der Waals surface area contributed by atoms with Crippen molar-refractivity contribution in [2.45, 2.75) is 32.4 Å². The number of ether oxygens (including phenoxy) is 1. The van der Waals surface area contributed by atoms with Crippen molar-refractivity contribution >= 4 is 11.7 Å². The minimum absolute atomic E-state index is 0.225. The topological polar surface area (TPSA) is 58.6 Å². The molecule has 4 nitrogen and oxygen atoms in total. The van der Waals surface area contributed by atoms with Gasteiger partial charge in [-0.1, -0.05) is 13.0 Å². The summed E-state index contributed by atoms with van der Waals surface area (Å²) in [6.45, 7) is 3.88. The Morgan fingerprint density at radius 2 is 2.31 bits per heavy atom. The molecule has 2 atom stereocenters. The molecule has 2 unspecified atom stereocenters. The van der Waals surface area contributed by atoms with Gasteiger partial charge in [0.1, 0.15) is 5.75 Å². The number of carboxylic acid groups (broad SMARTS) is 1. The molecule has 1 aliphatic heterocycles. The highest BCUT2D eigenvalue weighted by molar-refractivity contribution is 5.76. The van der Waals surface area contributed by atoms with Crippen LogP contribution in [0.2, 0.25) is 0 Å². The van der Waals surface area contributed by atoms with Crippen molar-refractivity contribution in [2.24, 2.45) is 0 Å². The highest BCUT2D eigenvalue weighted by atomic mass is 16.5. The molecule has 1 heterocycles. The van der Waals surface area contributed by atoms with Gasteiger partial charge in [0.25, 0.3) is 0 Å². The summed E-state index contributed by atoms with van der Waals surface area (Å²) in [5, 5.41) is 12.1. The fourth-order valence-corrected chi connectivity index (χ4v) is 1.84. The van der Waals surface area contributed by atoms with Gasteiger partial charge < -0.3 is 15.2 Å². The molecule has 0 aliphatic carbocycles. The van der Waals surface area contributed by atoms with Crippen LogP contribution in [0.3, 0.4) is 0 Å². The van der Waals surface area contributed by atoms with E-state index < -0.39 is 12.1 Å². The second-order valence-corrected chi connectivity index (χ2v) is 3.99. The minimum atomic E-state index is -0.940. The van der Waals surface area contributed by atoms with Crippen LogP contribution >= 0.6 is 0 Å². The Morgan fingerprint density at radius 1 is 1.56 bits per heavy atom. The number of hydrogen-bond acceptors (Lipinski definition) is 3. The maximum atomic E-state index is 10.9. The summed E-state index contributed by atoms with van der Waals surface area (Å²) < 4.78 is 5.44. The van der Waals surface area contributed by atoms with E-state index in [0.29, 0.717) is 5.75 Å². The molecule has 86 valence electrons. The number of fused-ring (bicyclic) bond motifs is 1. The molecule has 4 heteroatoms. The van der Waals surface area contributed by atoms with E-state index in [2.05, 4.69) is 12.2 Å². The van der Waals surface area contributed by atoms with Gasteiger partial charge in [0.05, 0.1) is 11.7 Å². The zero-order chi connectivity index (χ0) is 11.7. The van der Waals surface area contributed by atoms with E-state index in [0.717, 1.165) is 12.1 Å². The van der Waals surface area contributed by atoms with Crippen LogP contribution in [0.15, 0.2) is 18.2 Å². The number of aliphatic carboxylic acids is 1.